The van der Waals surface area contributed by atoms with E-state index in [0.29, 0.717) is 36.0 Å². The molecule has 3 heterocycles. The van der Waals surface area contributed by atoms with Gasteiger partial charge >= 0.3 is 0 Å². The summed E-state index contributed by atoms with van der Waals surface area (Å²) in [6.45, 7) is 2.85. The molecule has 0 saturated carbocycles. The van der Waals surface area contributed by atoms with E-state index in [0.717, 1.165) is 29.7 Å². The molecule has 0 unspecified atom stereocenters. The van der Waals surface area contributed by atoms with Crippen molar-refractivity contribution < 1.29 is 14.3 Å². The van der Waals surface area contributed by atoms with Crippen molar-refractivity contribution in [1.29, 1.82) is 0 Å². The summed E-state index contributed by atoms with van der Waals surface area (Å²) < 4.78 is 12.9. The minimum atomic E-state index is -0.271. The monoisotopic (exact) mass is 425 g/mol. The summed E-state index contributed by atoms with van der Waals surface area (Å²) in [4.78, 5) is 32.0. The van der Waals surface area contributed by atoms with E-state index in [1.165, 1.54) is 15.8 Å². The average molecular weight is 426 g/mol. The normalized spacial score (nSPS) is 20.0. The summed E-state index contributed by atoms with van der Waals surface area (Å²) in [5, 5.41) is 3.53. The summed E-state index contributed by atoms with van der Waals surface area (Å²) in [6.07, 6.45) is 4.20. The summed E-state index contributed by atoms with van der Waals surface area (Å²) in [5.41, 5.74) is 1.00. The Kier molecular flexibility index (Phi) is 4.94. The summed E-state index contributed by atoms with van der Waals surface area (Å²) >= 11 is 1.61. The number of aromatic nitrogens is 2. The first kappa shape index (κ1) is 19.1. The molecule has 1 aromatic carbocycles. The summed E-state index contributed by atoms with van der Waals surface area (Å²) in [5.74, 6) is 1.76. The van der Waals surface area contributed by atoms with Gasteiger partial charge in [0.1, 0.15) is 24.1 Å². The number of hydrogen-bond acceptors (Lipinski definition) is 6. The zero-order chi connectivity index (χ0) is 20.7. The first-order chi connectivity index (χ1) is 14.6. The number of nitrogens with zero attached hydrogens (tertiary/aromatic N) is 2. The lowest BCUT2D eigenvalue weighted by molar-refractivity contribution is -0.122. The van der Waals surface area contributed by atoms with Crippen LogP contribution in [-0.4, -0.2) is 34.7 Å². The molecule has 1 amide bonds. The molecule has 30 heavy (non-hydrogen) atoms. The molecule has 3 aromatic rings. The van der Waals surface area contributed by atoms with Crippen LogP contribution in [0.25, 0.3) is 10.2 Å². The first-order valence-corrected chi connectivity index (χ1v) is 11.0. The summed E-state index contributed by atoms with van der Waals surface area (Å²) in [7, 11) is 0. The quantitative estimate of drug-likeness (QED) is 0.695. The number of carbonyl (C=O) groups excluding carboxylic acids is 1. The fourth-order valence-electron chi connectivity index (χ4n) is 4.08. The number of benzene rings is 1. The molecule has 0 radical (unpaired) electrons. The molecule has 0 fully saturated rings. The van der Waals surface area contributed by atoms with Gasteiger partial charge < -0.3 is 14.8 Å². The van der Waals surface area contributed by atoms with E-state index in [1.807, 2.05) is 24.3 Å². The Morgan fingerprint density at radius 2 is 2.17 bits per heavy atom. The van der Waals surface area contributed by atoms with Crippen molar-refractivity contribution in [2.24, 2.45) is 5.92 Å². The molecule has 1 aliphatic carbocycles. The van der Waals surface area contributed by atoms with Crippen LogP contribution in [0, 0.1) is 5.92 Å². The van der Waals surface area contributed by atoms with Gasteiger partial charge in [-0.05, 0) is 42.9 Å². The van der Waals surface area contributed by atoms with E-state index >= 15 is 0 Å². The van der Waals surface area contributed by atoms with Crippen molar-refractivity contribution in [3.63, 3.8) is 0 Å². The van der Waals surface area contributed by atoms with Crippen LogP contribution in [0.1, 0.15) is 23.8 Å². The van der Waals surface area contributed by atoms with Gasteiger partial charge in [-0.15, -0.1) is 11.3 Å². The van der Waals surface area contributed by atoms with Gasteiger partial charge in [-0.1, -0.05) is 19.1 Å². The zero-order valence-electron chi connectivity index (χ0n) is 16.7. The molecule has 156 valence electrons. The maximum atomic E-state index is 13.0. The molecule has 1 N–H and O–H groups in total. The SMILES string of the molecule is C[C@@H]1CCc2c(sc3ncn(CC(=O)NC[C@@H]4COc5ccccc5O4)c(=O)c23)C1. The van der Waals surface area contributed by atoms with E-state index in [1.54, 1.807) is 11.3 Å². The van der Waals surface area contributed by atoms with Gasteiger partial charge in [0.05, 0.1) is 18.3 Å². The van der Waals surface area contributed by atoms with Crippen molar-refractivity contribution in [1.82, 2.24) is 14.9 Å². The Hall–Kier alpha value is -2.87. The minimum absolute atomic E-state index is 0.0625. The lowest BCUT2D eigenvalue weighted by Crippen LogP contribution is -2.42. The lowest BCUT2D eigenvalue weighted by atomic mass is 9.89. The third-order valence-electron chi connectivity index (χ3n) is 5.69. The van der Waals surface area contributed by atoms with Crippen LogP contribution in [0.4, 0.5) is 0 Å². The average Bonchev–Trinajstić information content (AvgIpc) is 3.12. The molecule has 7 nitrogen and oxygen atoms in total. The lowest BCUT2D eigenvalue weighted by Gasteiger charge is -2.26. The largest absolute Gasteiger partial charge is 0.486 e. The number of aryl methyl sites for hydroxylation is 1. The smallest absolute Gasteiger partial charge is 0.262 e. The fourth-order valence-corrected chi connectivity index (χ4v) is 5.42. The molecular weight excluding hydrogens is 402 g/mol. The number of thiophene rings is 1. The third-order valence-corrected chi connectivity index (χ3v) is 6.85. The summed E-state index contributed by atoms with van der Waals surface area (Å²) in [6, 6.07) is 7.45. The van der Waals surface area contributed by atoms with Crippen LogP contribution >= 0.6 is 11.3 Å². The number of rotatable bonds is 4. The Morgan fingerprint density at radius 3 is 3.03 bits per heavy atom. The number of ether oxygens (including phenoxy) is 2. The number of hydrogen-bond donors (Lipinski definition) is 1. The Labute approximate surface area is 177 Å². The highest BCUT2D eigenvalue weighted by molar-refractivity contribution is 7.18. The second-order valence-electron chi connectivity index (χ2n) is 8.01. The van der Waals surface area contributed by atoms with Crippen LogP contribution in [0.2, 0.25) is 0 Å². The second-order valence-corrected chi connectivity index (χ2v) is 9.09. The molecule has 2 aromatic heterocycles. The predicted octanol–water partition coefficient (Wildman–Crippen LogP) is 2.54. The van der Waals surface area contributed by atoms with Gasteiger partial charge in [0.15, 0.2) is 11.5 Å². The van der Waals surface area contributed by atoms with Gasteiger partial charge in [-0.25, -0.2) is 4.98 Å². The number of fused-ring (bicyclic) bond motifs is 4. The van der Waals surface area contributed by atoms with Crippen molar-refractivity contribution in [3.05, 3.63) is 51.4 Å². The number of para-hydroxylation sites is 2. The van der Waals surface area contributed by atoms with Gasteiger partial charge in [0, 0.05) is 4.88 Å². The van der Waals surface area contributed by atoms with Crippen LogP contribution in [0.5, 0.6) is 11.5 Å². The van der Waals surface area contributed by atoms with Crippen molar-refractivity contribution in [2.45, 2.75) is 38.8 Å². The highest BCUT2D eigenvalue weighted by atomic mass is 32.1. The molecular formula is C22H23N3O4S. The van der Waals surface area contributed by atoms with Crippen molar-refractivity contribution in [3.8, 4) is 11.5 Å². The van der Waals surface area contributed by atoms with Crippen LogP contribution < -0.4 is 20.3 Å². The van der Waals surface area contributed by atoms with E-state index < -0.39 is 0 Å². The number of amides is 1. The minimum Gasteiger partial charge on any atom is -0.486 e. The molecule has 0 bridgehead atoms. The molecule has 8 heteroatoms. The zero-order valence-corrected chi connectivity index (χ0v) is 17.5. The van der Waals surface area contributed by atoms with Crippen LogP contribution in [0.3, 0.4) is 0 Å². The topological polar surface area (TPSA) is 82.5 Å². The highest BCUT2D eigenvalue weighted by Gasteiger charge is 2.24. The van der Waals surface area contributed by atoms with E-state index in [4.69, 9.17) is 9.47 Å². The van der Waals surface area contributed by atoms with Gasteiger partial charge in [-0.3, -0.25) is 14.2 Å². The molecule has 0 saturated heterocycles. The second kappa shape index (κ2) is 7.75. The molecule has 5 rings (SSSR count). The van der Waals surface area contributed by atoms with Gasteiger partial charge in [-0.2, -0.15) is 0 Å². The van der Waals surface area contributed by atoms with E-state index in [2.05, 4.69) is 17.2 Å². The Balaban J connectivity index is 1.26. The van der Waals surface area contributed by atoms with Crippen LogP contribution in [0.15, 0.2) is 35.4 Å². The van der Waals surface area contributed by atoms with E-state index in [-0.39, 0.29) is 24.1 Å². The molecule has 1 aliphatic heterocycles. The van der Waals surface area contributed by atoms with E-state index in [9.17, 15) is 9.59 Å². The Bertz CT molecular complexity index is 1170. The van der Waals surface area contributed by atoms with Gasteiger partial charge in [0.2, 0.25) is 5.91 Å². The highest BCUT2D eigenvalue weighted by Crippen LogP contribution is 2.35. The third kappa shape index (κ3) is 3.56. The fraction of sp³-hybridized carbons (Fsp3) is 0.409. The van der Waals surface area contributed by atoms with Crippen LogP contribution in [-0.2, 0) is 24.2 Å². The maximum absolute atomic E-state index is 13.0. The number of carbonyl (C=O) groups is 1. The van der Waals surface area contributed by atoms with Crippen molar-refractivity contribution in [2.75, 3.05) is 13.2 Å². The predicted molar refractivity (Wildman–Crippen MR) is 114 cm³/mol. The maximum Gasteiger partial charge on any atom is 0.262 e. The first-order valence-electron chi connectivity index (χ1n) is 10.2. The van der Waals surface area contributed by atoms with Gasteiger partial charge in [0.25, 0.3) is 5.56 Å². The molecule has 2 atom stereocenters. The number of nitrogens with one attached hydrogen (secondary N) is 1. The molecule has 2 aliphatic rings. The Morgan fingerprint density at radius 1 is 1.33 bits per heavy atom. The molecule has 0 spiro atoms. The standard InChI is InChI=1S/C22H23N3O4S/c1-13-6-7-15-18(8-13)30-21-20(15)22(27)25(12-24-21)10-19(26)23-9-14-11-28-16-4-2-3-5-17(16)29-14/h2-5,12-14H,6-11H2,1H3,(H,23,26)/t13-,14-/m1/s1. The van der Waals surface area contributed by atoms with Crippen molar-refractivity contribution >= 4 is 27.5 Å².